The van der Waals surface area contributed by atoms with Crippen LogP contribution in [0.5, 0.6) is 17.2 Å². The maximum Gasteiger partial charge on any atom is 0.172 e. The first-order valence-corrected chi connectivity index (χ1v) is 13.9. The highest BCUT2D eigenvalue weighted by Crippen LogP contribution is 2.39. The summed E-state index contributed by atoms with van der Waals surface area (Å²) < 4.78 is 48.9. The Morgan fingerprint density at radius 1 is 0.878 bits per heavy atom. The Kier molecular flexibility index (Phi) is 8.30. The van der Waals surface area contributed by atoms with Gasteiger partial charge in [0, 0.05) is 41.0 Å². The van der Waals surface area contributed by atoms with Gasteiger partial charge in [-0.05, 0) is 54.1 Å². The molecule has 41 heavy (non-hydrogen) atoms. The quantitative estimate of drug-likeness (QED) is 0.127. The van der Waals surface area contributed by atoms with E-state index in [-0.39, 0.29) is 18.2 Å². The fourth-order valence-electron chi connectivity index (χ4n) is 4.55. The summed E-state index contributed by atoms with van der Waals surface area (Å²) in [5.41, 5.74) is 2.83. The van der Waals surface area contributed by atoms with Crippen molar-refractivity contribution >= 4 is 11.8 Å². The number of hydrogen-bond acceptors (Lipinski definition) is 6. The van der Waals surface area contributed by atoms with E-state index < -0.39 is 11.2 Å². The summed E-state index contributed by atoms with van der Waals surface area (Å²) in [4.78, 5) is 8.71. The molecule has 0 aliphatic rings. The number of rotatable bonds is 11. The molecule has 0 amide bonds. The SMILES string of the molecule is COc1ccc(C(C)(C)c2cnc(SCCOc3ccc(-n4ccnc4)cc3F)n2-c2ccc(F)cc2)cc1OC. The van der Waals surface area contributed by atoms with Crippen molar-refractivity contribution in [2.24, 2.45) is 0 Å². The van der Waals surface area contributed by atoms with Crippen molar-refractivity contribution in [3.63, 3.8) is 0 Å². The molecule has 0 spiro atoms. The minimum Gasteiger partial charge on any atom is -0.493 e. The van der Waals surface area contributed by atoms with Gasteiger partial charge in [-0.1, -0.05) is 31.7 Å². The topological polar surface area (TPSA) is 63.3 Å². The van der Waals surface area contributed by atoms with Crippen LogP contribution in [0, 0.1) is 11.6 Å². The standard InChI is InChI=1S/C31H30F2N4O3S/c1-31(2,21-5-11-27(38-3)28(17-21)39-4)29-19-35-30(37(29)23-8-6-22(32)7-9-23)41-16-15-40-26-12-10-24(18-25(26)33)36-14-13-34-20-36/h5-14,17-20H,15-16H2,1-4H3. The second-order valence-electron chi connectivity index (χ2n) is 9.71. The molecule has 5 rings (SSSR count). The number of nitrogens with zero attached hydrogens (tertiary/aromatic N) is 4. The molecular weight excluding hydrogens is 546 g/mol. The van der Waals surface area contributed by atoms with Crippen molar-refractivity contribution in [1.82, 2.24) is 19.1 Å². The third kappa shape index (κ3) is 5.92. The zero-order chi connectivity index (χ0) is 29.0. The van der Waals surface area contributed by atoms with Crippen LogP contribution in [0.4, 0.5) is 8.78 Å². The minimum absolute atomic E-state index is 0.173. The first-order valence-electron chi connectivity index (χ1n) is 12.9. The molecule has 0 N–H and O–H groups in total. The highest BCUT2D eigenvalue weighted by Gasteiger charge is 2.30. The summed E-state index contributed by atoms with van der Waals surface area (Å²) in [6, 6.07) is 16.9. The number of aromatic nitrogens is 4. The van der Waals surface area contributed by atoms with Gasteiger partial charge in [0.15, 0.2) is 28.2 Å². The Labute approximate surface area is 241 Å². The number of thioether (sulfide) groups is 1. The number of hydrogen-bond donors (Lipinski definition) is 0. The van der Waals surface area contributed by atoms with E-state index in [1.165, 1.54) is 30.0 Å². The van der Waals surface area contributed by atoms with Gasteiger partial charge < -0.3 is 18.8 Å². The predicted molar refractivity (Wildman–Crippen MR) is 155 cm³/mol. The van der Waals surface area contributed by atoms with Crippen molar-refractivity contribution in [2.75, 3.05) is 26.6 Å². The molecule has 2 aromatic heterocycles. The highest BCUT2D eigenvalue weighted by molar-refractivity contribution is 7.99. The van der Waals surface area contributed by atoms with E-state index in [4.69, 9.17) is 19.2 Å². The first-order chi connectivity index (χ1) is 19.8. The van der Waals surface area contributed by atoms with Crippen molar-refractivity contribution in [1.29, 1.82) is 0 Å². The second-order valence-corrected chi connectivity index (χ2v) is 10.8. The Bertz CT molecular complexity index is 1620. The zero-order valence-electron chi connectivity index (χ0n) is 23.2. The van der Waals surface area contributed by atoms with Crippen LogP contribution in [0.25, 0.3) is 11.4 Å². The van der Waals surface area contributed by atoms with Gasteiger partial charge in [0.1, 0.15) is 5.82 Å². The lowest BCUT2D eigenvalue weighted by molar-refractivity contribution is 0.324. The molecule has 0 atom stereocenters. The van der Waals surface area contributed by atoms with Gasteiger partial charge in [0.2, 0.25) is 0 Å². The van der Waals surface area contributed by atoms with Crippen molar-refractivity contribution in [2.45, 2.75) is 24.4 Å². The minimum atomic E-state index is -0.504. The van der Waals surface area contributed by atoms with Crippen molar-refractivity contribution in [3.8, 4) is 28.6 Å². The maximum atomic E-state index is 14.7. The molecule has 0 saturated heterocycles. The maximum absolute atomic E-state index is 14.7. The highest BCUT2D eigenvalue weighted by atomic mass is 32.2. The molecule has 212 valence electrons. The molecule has 2 heterocycles. The summed E-state index contributed by atoms with van der Waals surface area (Å²) >= 11 is 1.47. The van der Waals surface area contributed by atoms with Crippen LogP contribution in [0.1, 0.15) is 25.1 Å². The summed E-state index contributed by atoms with van der Waals surface area (Å²) in [6.07, 6.45) is 6.82. The monoisotopic (exact) mass is 576 g/mol. The predicted octanol–water partition coefficient (Wildman–Crippen LogP) is 6.85. The lowest BCUT2D eigenvalue weighted by Gasteiger charge is -2.28. The van der Waals surface area contributed by atoms with Crippen LogP contribution in [0.15, 0.2) is 90.7 Å². The summed E-state index contributed by atoms with van der Waals surface area (Å²) in [6.45, 7) is 4.45. The van der Waals surface area contributed by atoms with Gasteiger partial charge in [0.25, 0.3) is 0 Å². The Morgan fingerprint density at radius 2 is 1.61 bits per heavy atom. The summed E-state index contributed by atoms with van der Waals surface area (Å²) in [7, 11) is 3.21. The number of halogens is 2. The van der Waals surface area contributed by atoms with Crippen LogP contribution < -0.4 is 14.2 Å². The van der Waals surface area contributed by atoms with Gasteiger partial charge >= 0.3 is 0 Å². The largest absolute Gasteiger partial charge is 0.493 e. The fourth-order valence-corrected chi connectivity index (χ4v) is 5.36. The molecule has 0 saturated carbocycles. The Morgan fingerprint density at radius 3 is 2.29 bits per heavy atom. The molecule has 5 aromatic rings. The Hall–Kier alpha value is -4.31. The van der Waals surface area contributed by atoms with Crippen LogP contribution >= 0.6 is 11.8 Å². The van der Waals surface area contributed by atoms with Crippen LogP contribution in [-0.2, 0) is 5.41 Å². The van der Waals surface area contributed by atoms with E-state index in [0.717, 1.165) is 16.9 Å². The normalized spacial score (nSPS) is 11.5. The number of ether oxygens (including phenoxy) is 3. The Balaban J connectivity index is 1.38. The van der Waals surface area contributed by atoms with Gasteiger partial charge in [-0.25, -0.2) is 18.7 Å². The molecule has 0 unspecified atom stereocenters. The van der Waals surface area contributed by atoms with E-state index in [1.807, 2.05) is 29.0 Å². The summed E-state index contributed by atoms with van der Waals surface area (Å²) in [5, 5.41) is 0.708. The molecule has 0 fully saturated rings. The number of imidazole rings is 2. The average Bonchev–Trinajstić information content (AvgIpc) is 3.67. The van der Waals surface area contributed by atoms with E-state index in [1.54, 1.807) is 61.8 Å². The lowest BCUT2D eigenvalue weighted by atomic mass is 9.81. The van der Waals surface area contributed by atoms with Crippen LogP contribution in [0.2, 0.25) is 0 Å². The zero-order valence-corrected chi connectivity index (χ0v) is 24.0. The fraction of sp³-hybridized carbons (Fsp3) is 0.226. The summed E-state index contributed by atoms with van der Waals surface area (Å²) in [5.74, 6) is 1.18. The van der Waals surface area contributed by atoms with E-state index in [9.17, 15) is 8.78 Å². The van der Waals surface area contributed by atoms with E-state index in [2.05, 4.69) is 18.8 Å². The van der Waals surface area contributed by atoms with Gasteiger partial charge in [-0.3, -0.25) is 4.57 Å². The van der Waals surface area contributed by atoms with E-state index in [0.29, 0.717) is 28.1 Å². The van der Waals surface area contributed by atoms with Gasteiger partial charge in [-0.15, -0.1) is 0 Å². The van der Waals surface area contributed by atoms with Crippen molar-refractivity contribution in [3.05, 3.63) is 108 Å². The first kappa shape index (κ1) is 28.2. The lowest BCUT2D eigenvalue weighted by Crippen LogP contribution is -2.23. The molecule has 0 aliphatic carbocycles. The average molecular weight is 577 g/mol. The van der Waals surface area contributed by atoms with Crippen LogP contribution in [-0.4, -0.2) is 45.7 Å². The van der Waals surface area contributed by atoms with Crippen LogP contribution in [0.3, 0.4) is 0 Å². The third-order valence-corrected chi connectivity index (χ3v) is 7.77. The van der Waals surface area contributed by atoms with Crippen molar-refractivity contribution < 1.29 is 23.0 Å². The van der Waals surface area contributed by atoms with Gasteiger partial charge in [0.05, 0.1) is 39.0 Å². The van der Waals surface area contributed by atoms with Gasteiger partial charge in [-0.2, -0.15) is 0 Å². The molecule has 0 bridgehead atoms. The molecule has 10 heteroatoms. The molecule has 7 nitrogen and oxygen atoms in total. The van der Waals surface area contributed by atoms with E-state index >= 15 is 0 Å². The molecular formula is C31H30F2N4O3S. The molecule has 0 radical (unpaired) electrons. The molecule has 3 aromatic carbocycles. The molecule has 0 aliphatic heterocycles. The second kappa shape index (κ2) is 12.1. The third-order valence-electron chi connectivity index (χ3n) is 6.85. The number of methoxy groups -OCH3 is 2. The smallest absolute Gasteiger partial charge is 0.172 e. The number of benzene rings is 3.